The van der Waals surface area contributed by atoms with Crippen molar-refractivity contribution < 1.29 is 24.0 Å². The van der Waals surface area contributed by atoms with Crippen LogP contribution in [-0.2, 0) is 11.3 Å². The number of hydrogen-bond acceptors (Lipinski definition) is 8. The smallest absolute Gasteiger partial charge is 0.310 e. The van der Waals surface area contributed by atoms with Gasteiger partial charge in [0.15, 0.2) is 11.5 Å². The largest absolute Gasteiger partial charge is 0.481 e. The Bertz CT molecular complexity index is 1650. The van der Waals surface area contributed by atoms with Crippen molar-refractivity contribution >= 4 is 51.6 Å². The van der Waals surface area contributed by atoms with Crippen LogP contribution in [0.1, 0.15) is 53.2 Å². The predicted molar refractivity (Wildman–Crippen MR) is 158 cm³/mol. The van der Waals surface area contributed by atoms with Crippen LogP contribution in [0.25, 0.3) is 21.5 Å². The molecule has 2 saturated heterocycles. The predicted octanol–water partition coefficient (Wildman–Crippen LogP) is 4.21. The number of aromatic nitrogens is 3. The molecule has 3 aromatic heterocycles. The number of fused-ring (bicyclic) bond motifs is 1. The van der Waals surface area contributed by atoms with Crippen LogP contribution in [0, 0.1) is 5.92 Å². The first-order valence-electron chi connectivity index (χ1n) is 13.9. The van der Waals surface area contributed by atoms with Crippen LogP contribution in [0.15, 0.2) is 40.9 Å². The molecule has 0 saturated carbocycles. The summed E-state index contributed by atoms with van der Waals surface area (Å²) in [5, 5.41) is 21.8. The van der Waals surface area contributed by atoms with Crippen molar-refractivity contribution in [3.63, 3.8) is 0 Å². The van der Waals surface area contributed by atoms with E-state index in [1.54, 1.807) is 28.9 Å². The quantitative estimate of drug-likeness (QED) is 0.303. The van der Waals surface area contributed by atoms with Crippen molar-refractivity contribution in [2.75, 3.05) is 26.2 Å². The molecule has 6 rings (SSSR count). The van der Waals surface area contributed by atoms with Gasteiger partial charge >= 0.3 is 5.97 Å². The van der Waals surface area contributed by atoms with Crippen molar-refractivity contribution in [1.29, 1.82) is 0 Å². The number of amides is 2. The lowest BCUT2D eigenvalue weighted by molar-refractivity contribution is -0.146. The van der Waals surface area contributed by atoms with Crippen LogP contribution in [0.4, 0.5) is 0 Å². The maximum absolute atomic E-state index is 13.6. The second kappa shape index (κ2) is 11.5. The molecule has 42 heavy (non-hydrogen) atoms. The summed E-state index contributed by atoms with van der Waals surface area (Å²) in [5.41, 5.74) is 1.89. The molecule has 11 nitrogen and oxygen atoms in total. The second-order valence-corrected chi connectivity index (χ2v) is 12.9. The number of nitrogens with zero attached hydrogens (tertiary/aromatic N) is 5. The van der Waals surface area contributed by atoms with E-state index in [-0.39, 0.29) is 43.2 Å². The summed E-state index contributed by atoms with van der Waals surface area (Å²) < 4.78 is 7.87. The Morgan fingerprint density at radius 2 is 1.90 bits per heavy atom. The number of rotatable bonds is 8. The lowest BCUT2D eigenvalue weighted by Gasteiger charge is -2.36. The Kier molecular flexibility index (Phi) is 7.77. The normalized spacial score (nSPS) is 16.7. The SMILES string of the molecule is CC(C)N1CCC(NC(=O)c2nn(Cc3cc(-c4ccc(Cl)s4)on3)c3ccc(C(=O)N4CC(C(=O)O)C4)cc23)CC1. The van der Waals surface area contributed by atoms with E-state index in [4.69, 9.17) is 16.1 Å². The molecule has 13 heteroatoms. The van der Waals surface area contributed by atoms with Gasteiger partial charge in [-0.3, -0.25) is 19.1 Å². The number of carbonyl (C=O) groups is 3. The Morgan fingerprint density at radius 3 is 2.57 bits per heavy atom. The third-order valence-electron chi connectivity index (χ3n) is 8.01. The standard InChI is InChI=1S/C29H31ClN6O5S/c1-16(2)34-9-7-19(8-10-34)31-27(37)26-21-11-17(28(38)35-13-18(14-35)29(39)40)3-4-22(21)36(32-26)15-20-12-23(41-33-20)24-5-6-25(30)42-24/h3-6,11-12,16,18-19H,7-10,13-15H2,1-2H3,(H,31,37)(H,39,40). The van der Waals surface area contributed by atoms with E-state index in [9.17, 15) is 19.5 Å². The molecular weight excluding hydrogens is 580 g/mol. The Balaban J connectivity index is 1.27. The van der Waals surface area contributed by atoms with Crippen molar-refractivity contribution in [3.8, 4) is 10.6 Å². The molecule has 220 valence electrons. The van der Waals surface area contributed by atoms with Gasteiger partial charge in [0.25, 0.3) is 11.8 Å². The fraction of sp³-hybridized carbons (Fsp3) is 0.414. The first-order chi connectivity index (χ1) is 20.2. The van der Waals surface area contributed by atoms with Gasteiger partial charge in [0.05, 0.1) is 27.2 Å². The molecule has 5 heterocycles. The average molecular weight is 611 g/mol. The minimum atomic E-state index is -0.910. The van der Waals surface area contributed by atoms with E-state index < -0.39 is 11.9 Å². The summed E-state index contributed by atoms with van der Waals surface area (Å²) in [6.07, 6.45) is 1.70. The summed E-state index contributed by atoms with van der Waals surface area (Å²) in [6, 6.07) is 11.1. The molecule has 0 spiro atoms. The number of halogens is 1. The van der Waals surface area contributed by atoms with Crippen molar-refractivity contribution in [3.05, 3.63) is 57.7 Å². The van der Waals surface area contributed by atoms with E-state index in [1.807, 2.05) is 12.1 Å². The molecule has 2 amide bonds. The highest BCUT2D eigenvalue weighted by Gasteiger charge is 2.36. The Morgan fingerprint density at radius 1 is 1.14 bits per heavy atom. The summed E-state index contributed by atoms with van der Waals surface area (Å²) in [6.45, 7) is 6.74. The zero-order chi connectivity index (χ0) is 29.5. The number of carboxylic acid groups (broad SMARTS) is 1. The van der Waals surface area contributed by atoms with E-state index in [0.717, 1.165) is 30.8 Å². The van der Waals surface area contributed by atoms with Crippen molar-refractivity contribution in [2.45, 2.75) is 45.3 Å². The van der Waals surface area contributed by atoms with Crippen LogP contribution in [0.3, 0.4) is 0 Å². The highest BCUT2D eigenvalue weighted by molar-refractivity contribution is 7.19. The molecule has 2 fully saturated rings. The lowest BCUT2D eigenvalue weighted by atomic mass is 9.98. The fourth-order valence-electron chi connectivity index (χ4n) is 5.50. The van der Waals surface area contributed by atoms with Gasteiger partial charge in [-0.15, -0.1) is 11.3 Å². The molecule has 0 atom stereocenters. The second-order valence-electron chi connectivity index (χ2n) is 11.1. The van der Waals surface area contributed by atoms with Crippen LogP contribution in [-0.4, -0.2) is 85.9 Å². The highest BCUT2D eigenvalue weighted by atomic mass is 35.5. The number of hydrogen-bond donors (Lipinski definition) is 2. The van der Waals surface area contributed by atoms with E-state index >= 15 is 0 Å². The molecular formula is C29H31ClN6O5S. The zero-order valence-corrected chi connectivity index (χ0v) is 24.8. The summed E-state index contributed by atoms with van der Waals surface area (Å²) in [4.78, 5) is 42.7. The molecule has 1 aromatic carbocycles. The maximum Gasteiger partial charge on any atom is 0.310 e. The maximum atomic E-state index is 13.6. The third-order valence-corrected chi connectivity index (χ3v) is 9.26. The number of aliphatic carboxylic acids is 1. The molecule has 0 aliphatic carbocycles. The zero-order valence-electron chi connectivity index (χ0n) is 23.2. The summed E-state index contributed by atoms with van der Waals surface area (Å²) in [5.74, 6) is -1.44. The minimum absolute atomic E-state index is 0.0299. The van der Waals surface area contributed by atoms with Gasteiger partial charge < -0.3 is 24.7 Å². The van der Waals surface area contributed by atoms with Gasteiger partial charge in [0.2, 0.25) is 0 Å². The van der Waals surface area contributed by atoms with Gasteiger partial charge in [0, 0.05) is 55.3 Å². The monoisotopic (exact) mass is 610 g/mol. The van der Waals surface area contributed by atoms with Gasteiger partial charge in [-0.05, 0) is 57.0 Å². The summed E-state index contributed by atoms with van der Waals surface area (Å²) >= 11 is 7.46. The topological polar surface area (TPSA) is 134 Å². The molecule has 0 radical (unpaired) electrons. The van der Waals surface area contributed by atoms with Crippen molar-refractivity contribution in [1.82, 2.24) is 30.1 Å². The van der Waals surface area contributed by atoms with Crippen molar-refractivity contribution in [2.24, 2.45) is 5.92 Å². The van der Waals surface area contributed by atoms with Crippen LogP contribution < -0.4 is 5.32 Å². The number of piperidine rings is 1. The highest BCUT2D eigenvalue weighted by Crippen LogP contribution is 2.32. The number of carbonyl (C=O) groups excluding carboxylic acids is 2. The number of thiophene rings is 1. The van der Waals surface area contributed by atoms with E-state index in [0.29, 0.717) is 38.3 Å². The number of carboxylic acids is 1. The molecule has 0 bridgehead atoms. The molecule has 2 aliphatic heterocycles. The molecule has 2 N–H and O–H groups in total. The third kappa shape index (κ3) is 5.66. The molecule has 0 unspecified atom stereocenters. The van der Waals surface area contributed by atoms with Gasteiger partial charge in [-0.2, -0.15) is 5.10 Å². The Labute approximate surface area is 251 Å². The minimum Gasteiger partial charge on any atom is -0.481 e. The average Bonchev–Trinajstić information content (AvgIpc) is 3.66. The summed E-state index contributed by atoms with van der Waals surface area (Å²) in [7, 11) is 0. The molecule has 4 aromatic rings. The van der Waals surface area contributed by atoms with Gasteiger partial charge in [-0.25, -0.2) is 0 Å². The fourth-order valence-corrected chi connectivity index (χ4v) is 6.49. The van der Waals surface area contributed by atoms with Gasteiger partial charge in [-0.1, -0.05) is 16.8 Å². The van der Waals surface area contributed by atoms with Crippen LogP contribution in [0.5, 0.6) is 0 Å². The first kappa shape index (κ1) is 28.4. The van der Waals surface area contributed by atoms with Crippen LogP contribution in [0.2, 0.25) is 4.34 Å². The number of likely N-dealkylation sites (tertiary alicyclic amines) is 2. The first-order valence-corrected chi connectivity index (χ1v) is 15.1. The number of nitrogens with one attached hydrogen (secondary N) is 1. The Hall–Kier alpha value is -3.74. The lowest BCUT2D eigenvalue weighted by Crippen LogP contribution is -2.53. The van der Waals surface area contributed by atoms with Crippen LogP contribution >= 0.6 is 22.9 Å². The van der Waals surface area contributed by atoms with E-state index in [2.05, 4.69) is 34.3 Å². The van der Waals surface area contributed by atoms with Gasteiger partial charge in [0.1, 0.15) is 5.69 Å². The van der Waals surface area contributed by atoms with E-state index in [1.165, 1.54) is 16.2 Å². The molecule has 2 aliphatic rings. The number of benzene rings is 1.